The van der Waals surface area contributed by atoms with E-state index in [0.29, 0.717) is 12.3 Å². The predicted octanol–water partition coefficient (Wildman–Crippen LogP) is 1.79. The quantitative estimate of drug-likeness (QED) is 0.911. The van der Waals surface area contributed by atoms with Crippen LogP contribution >= 0.6 is 0 Å². The van der Waals surface area contributed by atoms with Gasteiger partial charge < -0.3 is 19.3 Å². The first-order chi connectivity index (χ1) is 9.99. The third-order valence-electron chi connectivity index (χ3n) is 3.23. The van der Waals surface area contributed by atoms with Crippen molar-refractivity contribution in [3.63, 3.8) is 0 Å². The highest BCUT2D eigenvalue weighted by Crippen LogP contribution is 2.19. The molecule has 0 atom stereocenters. The fourth-order valence-electron chi connectivity index (χ4n) is 1.95. The molecule has 0 aliphatic rings. The maximum atomic E-state index is 11.4. The third-order valence-corrected chi connectivity index (χ3v) is 3.23. The molecule has 21 heavy (non-hydrogen) atoms. The summed E-state index contributed by atoms with van der Waals surface area (Å²) < 4.78 is 7.39. The second-order valence-corrected chi connectivity index (χ2v) is 5.13. The number of benzene rings is 1. The molecule has 5 heteroatoms. The molecule has 0 fully saturated rings. The lowest BCUT2D eigenvalue weighted by Crippen LogP contribution is -2.19. The smallest absolute Gasteiger partial charge is 0.223 e. The molecular formula is C16H20N2O3. The Balaban J connectivity index is 2.16. The van der Waals surface area contributed by atoms with Crippen molar-refractivity contribution in [2.24, 2.45) is 0 Å². The maximum absolute atomic E-state index is 11.4. The van der Waals surface area contributed by atoms with Crippen molar-refractivity contribution >= 4 is 0 Å². The predicted molar refractivity (Wildman–Crippen MR) is 82.5 cm³/mol. The Morgan fingerprint density at radius 3 is 2.48 bits per heavy atom. The molecule has 1 aromatic heterocycles. The van der Waals surface area contributed by atoms with E-state index >= 15 is 0 Å². The van der Waals surface area contributed by atoms with Gasteiger partial charge in [0.05, 0.1) is 5.69 Å². The minimum atomic E-state index is -0.368. The molecule has 0 saturated heterocycles. The summed E-state index contributed by atoms with van der Waals surface area (Å²) in [6.45, 7) is 3.19. The van der Waals surface area contributed by atoms with Gasteiger partial charge in [-0.2, -0.15) is 0 Å². The van der Waals surface area contributed by atoms with Gasteiger partial charge in [-0.15, -0.1) is 0 Å². The minimum absolute atomic E-state index is 0.219. The van der Waals surface area contributed by atoms with Crippen molar-refractivity contribution in [3.8, 4) is 17.2 Å². The third kappa shape index (κ3) is 3.64. The SMILES string of the molecule is Cc1c(O)c(=O)ccn1-c1ccc(OCCN(C)C)cc1. The Labute approximate surface area is 124 Å². The lowest BCUT2D eigenvalue weighted by Gasteiger charge is -2.13. The Morgan fingerprint density at radius 2 is 1.86 bits per heavy atom. The number of aromatic hydroxyl groups is 1. The van der Waals surface area contributed by atoms with Gasteiger partial charge in [0.15, 0.2) is 5.75 Å². The molecule has 0 radical (unpaired) electrons. The number of nitrogens with zero attached hydrogens (tertiary/aromatic N) is 2. The number of hydrogen-bond acceptors (Lipinski definition) is 4. The fraction of sp³-hybridized carbons (Fsp3) is 0.312. The van der Waals surface area contributed by atoms with Crippen LogP contribution < -0.4 is 10.2 Å². The number of ether oxygens (including phenoxy) is 1. The zero-order valence-corrected chi connectivity index (χ0v) is 12.5. The Morgan fingerprint density at radius 1 is 1.19 bits per heavy atom. The summed E-state index contributed by atoms with van der Waals surface area (Å²) >= 11 is 0. The van der Waals surface area contributed by atoms with E-state index in [-0.39, 0.29) is 11.2 Å². The van der Waals surface area contributed by atoms with E-state index in [9.17, 15) is 9.90 Å². The fourth-order valence-corrected chi connectivity index (χ4v) is 1.95. The van der Waals surface area contributed by atoms with Gasteiger partial charge in [0.2, 0.25) is 5.43 Å². The number of pyridine rings is 1. The van der Waals surface area contributed by atoms with Gasteiger partial charge in [-0.25, -0.2) is 0 Å². The molecule has 5 nitrogen and oxygen atoms in total. The van der Waals surface area contributed by atoms with Crippen molar-refractivity contribution in [1.82, 2.24) is 9.47 Å². The number of hydrogen-bond donors (Lipinski definition) is 1. The molecule has 0 aliphatic heterocycles. The number of aromatic nitrogens is 1. The van der Waals surface area contributed by atoms with Crippen LogP contribution in [0.3, 0.4) is 0 Å². The van der Waals surface area contributed by atoms with Crippen LogP contribution in [0.25, 0.3) is 5.69 Å². The molecule has 0 unspecified atom stereocenters. The molecule has 0 bridgehead atoms. The van der Waals surface area contributed by atoms with Crippen LogP contribution in [0.15, 0.2) is 41.3 Å². The van der Waals surface area contributed by atoms with Crippen LogP contribution in [0, 0.1) is 6.92 Å². The summed E-state index contributed by atoms with van der Waals surface area (Å²) in [5.74, 6) is 0.576. The molecule has 0 spiro atoms. The summed E-state index contributed by atoms with van der Waals surface area (Å²) in [5.41, 5.74) is 1.01. The highest BCUT2D eigenvalue weighted by atomic mass is 16.5. The molecule has 1 heterocycles. The Kier molecular flexibility index (Phi) is 4.65. The van der Waals surface area contributed by atoms with Gasteiger partial charge in [0.25, 0.3) is 0 Å². The van der Waals surface area contributed by atoms with Crippen molar-refractivity contribution in [3.05, 3.63) is 52.4 Å². The first-order valence-electron chi connectivity index (χ1n) is 6.78. The molecule has 2 rings (SSSR count). The summed E-state index contributed by atoms with van der Waals surface area (Å²) in [7, 11) is 4.00. The monoisotopic (exact) mass is 288 g/mol. The molecule has 0 aliphatic carbocycles. The zero-order chi connectivity index (χ0) is 15.4. The molecular weight excluding hydrogens is 268 g/mol. The van der Waals surface area contributed by atoms with Gasteiger partial charge >= 0.3 is 0 Å². The Hall–Kier alpha value is -2.27. The second kappa shape index (κ2) is 6.45. The number of rotatable bonds is 5. The van der Waals surface area contributed by atoms with E-state index in [1.54, 1.807) is 17.7 Å². The van der Waals surface area contributed by atoms with Crippen molar-refractivity contribution < 1.29 is 9.84 Å². The van der Waals surface area contributed by atoms with Crippen molar-refractivity contribution in [1.29, 1.82) is 0 Å². The van der Waals surface area contributed by atoms with E-state index in [0.717, 1.165) is 18.0 Å². The van der Waals surface area contributed by atoms with Gasteiger partial charge in [-0.3, -0.25) is 4.79 Å². The van der Waals surface area contributed by atoms with E-state index in [1.165, 1.54) is 6.07 Å². The second-order valence-electron chi connectivity index (χ2n) is 5.13. The van der Waals surface area contributed by atoms with Gasteiger partial charge in [0, 0.05) is 24.5 Å². The van der Waals surface area contributed by atoms with Crippen LogP contribution in [0.5, 0.6) is 11.5 Å². The average Bonchev–Trinajstić information content (AvgIpc) is 2.46. The molecule has 0 amide bonds. The van der Waals surface area contributed by atoms with Crippen LogP contribution in [0.2, 0.25) is 0 Å². The molecule has 112 valence electrons. The summed E-state index contributed by atoms with van der Waals surface area (Å²) in [6.07, 6.45) is 1.65. The first-order valence-corrected chi connectivity index (χ1v) is 6.78. The van der Waals surface area contributed by atoms with Crippen molar-refractivity contribution in [2.75, 3.05) is 27.2 Å². The van der Waals surface area contributed by atoms with Gasteiger partial charge in [-0.1, -0.05) is 0 Å². The summed E-state index contributed by atoms with van der Waals surface area (Å²) in [6, 6.07) is 8.88. The molecule has 1 aromatic carbocycles. The minimum Gasteiger partial charge on any atom is -0.503 e. The first kappa shape index (κ1) is 15.1. The normalized spacial score (nSPS) is 10.9. The van der Waals surface area contributed by atoms with E-state index < -0.39 is 0 Å². The highest BCUT2D eigenvalue weighted by Gasteiger charge is 2.06. The van der Waals surface area contributed by atoms with Crippen LogP contribution in [0.4, 0.5) is 0 Å². The van der Waals surface area contributed by atoms with Crippen LogP contribution in [-0.4, -0.2) is 41.8 Å². The number of likely N-dealkylation sites (N-methyl/N-ethyl adjacent to an activating group) is 1. The molecule has 2 aromatic rings. The lowest BCUT2D eigenvalue weighted by atomic mass is 10.2. The van der Waals surface area contributed by atoms with Crippen LogP contribution in [-0.2, 0) is 0 Å². The summed E-state index contributed by atoms with van der Waals surface area (Å²) in [5, 5.41) is 9.71. The summed E-state index contributed by atoms with van der Waals surface area (Å²) in [4.78, 5) is 13.4. The van der Waals surface area contributed by atoms with Gasteiger partial charge in [-0.05, 0) is 45.3 Å². The lowest BCUT2D eigenvalue weighted by molar-refractivity contribution is 0.261. The van der Waals surface area contributed by atoms with E-state index in [2.05, 4.69) is 4.90 Å². The van der Waals surface area contributed by atoms with E-state index in [4.69, 9.17) is 4.74 Å². The zero-order valence-electron chi connectivity index (χ0n) is 12.5. The Bertz CT molecular complexity index is 660. The topological polar surface area (TPSA) is 54.7 Å². The highest BCUT2D eigenvalue weighted by molar-refractivity contribution is 5.41. The van der Waals surface area contributed by atoms with Gasteiger partial charge in [0.1, 0.15) is 12.4 Å². The molecule has 1 N–H and O–H groups in total. The average molecular weight is 288 g/mol. The van der Waals surface area contributed by atoms with Crippen LogP contribution in [0.1, 0.15) is 5.69 Å². The van der Waals surface area contributed by atoms with Crippen molar-refractivity contribution in [2.45, 2.75) is 6.92 Å². The maximum Gasteiger partial charge on any atom is 0.223 e. The standard InChI is InChI=1S/C16H20N2O3/c1-12-16(20)15(19)8-9-18(12)13-4-6-14(7-5-13)21-11-10-17(2)3/h4-9,20H,10-11H2,1-3H3. The largest absolute Gasteiger partial charge is 0.503 e. The van der Waals surface area contributed by atoms with E-state index in [1.807, 2.05) is 38.4 Å². The molecule has 0 saturated carbocycles.